The third-order valence-electron chi connectivity index (χ3n) is 3.17. The van der Waals surface area contributed by atoms with E-state index in [0.29, 0.717) is 12.2 Å². The maximum absolute atomic E-state index is 13.8. The summed E-state index contributed by atoms with van der Waals surface area (Å²) in [7, 11) is 1.87. The highest BCUT2D eigenvalue weighted by atomic mass is 19.1. The topological polar surface area (TPSA) is 55.0 Å². The fourth-order valence-electron chi connectivity index (χ4n) is 2.23. The van der Waals surface area contributed by atoms with Gasteiger partial charge in [-0.1, -0.05) is 12.8 Å². The van der Waals surface area contributed by atoms with E-state index < -0.39 is 6.17 Å². The summed E-state index contributed by atoms with van der Waals surface area (Å²) in [6.45, 7) is 0. The van der Waals surface area contributed by atoms with Gasteiger partial charge >= 0.3 is 0 Å². The van der Waals surface area contributed by atoms with Crippen molar-refractivity contribution in [3.63, 3.8) is 0 Å². The lowest BCUT2D eigenvalue weighted by molar-refractivity contribution is 0.213. The van der Waals surface area contributed by atoms with Crippen LogP contribution in [0.5, 0.6) is 0 Å². The highest BCUT2D eigenvalue weighted by Gasteiger charge is 2.28. The van der Waals surface area contributed by atoms with E-state index in [-0.39, 0.29) is 12.0 Å². The first-order valence-electron chi connectivity index (χ1n) is 5.64. The molecule has 0 unspecified atom stereocenters. The van der Waals surface area contributed by atoms with E-state index >= 15 is 0 Å². The normalized spacial score (nSPS) is 25.4. The molecule has 4 nitrogen and oxygen atoms in total. The van der Waals surface area contributed by atoms with Crippen LogP contribution >= 0.6 is 0 Å². The number of anilines is 2. The number of nitrogens with zero attached hydrogens (tertiary/aromatic N) is 3. The van der Waals surface area contributed by atoms with E-state index in [1.54, 1.807) is 12.3 Å². The van der Waals surface area contributed by atoms with Crippen LogP contribution in [0.3, 0.4) is 0 Å². The Labute approximate surface area is 94.7 Å². The molecule has 0 radical (unpaired) electrons. The Hall–Kier alpha value is -1.39. The van der Waals surface area contributed by atoms with E-state index in [2.05, 4.69) is 9.97 Å². The summed E-state index contributed by atoms with van der Waals surface area (Å²) >= 11 is 0. The van der Waals surface area contributed by atoms with Crippen LogP contribution in [0.2, 0.25) is 0 Å². The Kier molecular flexibility index (Phi) is 3.22. The van der Waals surface area contributed by atoms with Crippen molar-refractivity contribution >= 4 is 11.8 Å². The summed E-state index contributed by atoms with van der Waals surface area (Å²) in [6, 6.07) is 1.68. The number of rotatable bonds is 2. The van der Waals surface area contributed by atoms with Crippen molar-refractivity contribution in [1.82, 2.24) is 9.97 Å². The predicted molar refractivity (Wildman–Crippen MR) is 62.0 cm³/mol. The van der Waals surface area contributed by atoms with Gasteiger partial charge in [0.2, 0.25) is 5.95 Å². The molecule has 2 N–H and O–H groups in total. The van der Waals surface area contributed by atoms with Crippen molar-refractivity contribution in [1.29, 1.82) is 0 Å². The van der Waals surface area contributed by atoms with Gasteiger partial charge in [0.15, 0.2) is 0 Å². The summed E-state index contributed by atoms with van der Waals surface area (Å²) in [4.78, 5) is 9.82. The standard InChI is InChI=1S/C11H17FN4/c1-16(9-5-3-2-4-8(9)12)10-6-7-14-11(13)15-10/h6-9H,2-5H2,1H3,(H2,13,14,15)/t8-,9-/m1/s1. The zero-order valence-corrected chi connectivity index (χ0v) is 9.43. The van der Waals surface area contributed by atoms with Gasteiger partial charge in [0.05, 0.1) is 6.04 Å². The lowest BCUT2D eigenvalue weighted by Gasteiger charge is -2.34. The SMILES string of the molecule is CN(c1ccnc(N)n1)[C@@H]1CCCC[C@H]1F. The van der Waals surface area contributed by atoms with Gasteiger partial charge in [-0.2, -0.15) is 4.98 Å². The minimum Gasteiger partial charge on any atom is -0.368 e. The largest absolute Gasteiger partial charge is 0.368 e. The lowest BCUT2D eigenvalue weighted by atomic mass is 9.92. The number of halogens is 1. The van der Waals surface area contributed by atoms with Gasteiger partial charge < -0.3 is 10.6 Å². The molecule has 1 aromatic rings. The van der Waals surface area contributed by atoms with Crippen molar-refractivity contribution in [2.24, 2.45) is 0 Å². The summed E-state index contributed by atoms with van der Waals surface area (Å²) in [5, 5.41) is 0. The second kappa shape index (κ2) is 4.63. The van der Waals surface area contributed by atoms with Gasteiger partial charge in [-0.15, -0.1) is 0 Å². The van der Waals surface area contributed by atoms with Gasteiger partial charge in [0.1, 0.15) is 12.0 Å². The zero-order chi connectivity index (χ0) is 11.5. The molecule has 1 heterocycles. The summed E-state index contributed by atoms with van der Waals surface area (Å²) in [5.41, 5.74) is 5.52. The van der Waals surface area contributed by atoms with Gasteiger partial charge in [0.25, 0.3) is 0 Å². The average molecular weight is 224 g/mol. The highest BCUT2D eigenvalue weighted by molar-refractivity contribution is 5.41. The highest BCUT2D eigenvalue weighted by Crippen LogP contribution is 2.27. The van der Waals surface area contributed by atoms with Crippen LogP contribution in [0.25, 0.3) is 0 Å². The molecule has 1 aliphatic rings. The first kappa shape index (κ1) is 11.1. The molecule has 1 fully saturated rings. The van der Waals surface area contributed by atoms with Crippen LogP contribution in [0.15, 0.2) is 12.3 Å². The third kappa shape index (κ3) is 2.23. The van der Waals surface area contributed by atoms with E-state index in [0.717, 1.165) is 19.3 Å². The molecule has 1 saturated carbocycles. The zero-order valence-electron chi connectivity index (χ0n) is 9.43. The Bertz CT molecular complexity index is 358. The quantitative estimate of drug-likeness (QED) is 0.832. The van der Waals surface area contributed by atoms with E-state index in [4.69, 9.17) is 5.73 Å². The van der Waals surface area contributed by atoms with Crippen molar-refractivity contribution in [3.05, 3.63) is 12.3 Å². The molecule has 1 aromatic heterocycles. The fourth-order valence-corrected chi connectivity index (χ4v) is 2.23. The van der Waals surface area contributed by atoms with Gasteiger partial charge in [0, 0.05) is 13.2 Å². The number of hydrogen-bond acceptors (Lipinski definition) is 4. The molecule has 5 heteroatoms. The third-order valence-corrected chi connectivity index (χ3v) is 3.17. The molecule has 16 heavy (non-hydrogen) atoms. The first-order chi connectivity index (χ1) is 7.68. The molecule has 0 aromatic carbocycles. The maximum Gasteiger partial charge on any atom is 0.221 e. The Balaban J connectivity index is 2.14. The van der Waals surface area contributed by atoms with Crippen LogP contribution < -0.4 is 10.6 Å². The van der Waals surface area contributed by atoms with E-state index in [1.165, 1.54) is 0 Å². The van der Waals surface area contributed by atoms with Crippen LogP contribution in [0.4, 0.5) is 16.2 Å². The van der Waals surface area contributed by atoms with Gasteiger partial charge in [-0.05, 0) is 18.9 Å². The molecule has 0 amide bonds. The number of nitrogen functional groups attached to an aromatic ring is 1. The van der Waals surface area contributed by atoms with Crippen molar-refractivity contribution < 1.29 is 4.39 Å². The van der Waals surface area contributed by atoms with Crippen LogP contribution in [0, 0.1) is 0 Å². The summed E-state index contributed by atoms with van der Waals surface area (Å²) < 4.78 is 13.8. The molecule has 88 valence electrons. The summed E-state index contributed by atoms with van der Waals surface area (Å²) in [6.07, 6.45) is 4.42. The maximum atomic E-state index is 13.8. The van der Waals surface area contributed by atoms with Crippen LogP contribution in [0.1, 0.15) is 25.7 Å². The number of alkyl halides is 1. The monoisotopic (exact) mass is 224 g/mol. The number of hydrogen-bond donors (Lipinski definition) is 1. The molecule has 1 aliphatic carbocycles. The van der Waals surface area contributed by atoms with E-state index in [1.807, 2.05) is 11.9 Å². The summed E-state index contributed by atoms with van der Waals surface area (Å²) in [5.74, 6) is 0.928. The second-order valence-corrected chi connectivity index (χ2v) is 4.25. The van der Waals surface area contributed by atoms with Crippen LogP contribution in [-0.2, 0) is 0 Å². The first-order valence-corrected chi connectivity index (χ1v) is 5.64. The molecular weight excluding hydrogens is 207 g/mol. The number of nitrogens with two attached hydrogens (primary N) is 1. The molecule has 0 bridgehead atoms. The molecular formula is C11H17FN4. The van der Waals surface area contributed by atoms with Crippen molar-refractivity contribution in [2.45, 2.75) is 37.9 Å². The van der Waals surface area contributed by atoms with Crippen molar-refractivity contribution in [2.75, 3.05) is 17.7 Å². The molecule has 0 saturated heterocycles. The minimum absolute atomic E-state index is 0.0805. The van der Waals surface area contributed by atoms with Gasteiger partial charge in [-0.25, -0.2) is 9.37 Å². The lowest BCUT2D eigenvalue weighted by Crippen LogP contribution is -2.41. The molecule has 0 aliphatic heterocycles. The number of aromatic nitrogens is 2. The van der Waals surface area contributed by atoms with Gasteiger partial charge in [-0.3, -0.25) is 0 Å². The average Bonchev–Trinajstić information content (AvgIpc) is 2.29. The molecule has 2 atom stereocenters. The fraction of sp³-hybridized carbons (Fsp3) is 0.636. The molecule has 0 spiro atoms. The minimum atomic E-state index is -0.769. The Morgan fingerprint density at radius 1 is 1.44 bits per heavy atom. The second-order valence-electron chi connectivity index (χ2n) is 4.25. The van der Waals surface area contributed by atoms with Crippen LogP contribution in [-0.4, -0.2) is 29.2 Å². The van der Waals surface area contributed by atoms with E-state index in [9.17, 15) is 4.39 Å². The molecule has 2 rings (SSSR count). The smallest absolute Gasteiger partial charge is 0.221 e. The predicted octanol–water partition coefficient (Wildman–Crippen LogP) is 1.78. The Morgan fingerprint density at radius 3 is 2.88 bits per heavy atom. The van der Waals surface area contributed by atoms with Crippen molar-refractivity contribution in [3.8, 4) is 0 Å². The Morgan fingerprint density at radius 2 is 2.19 bits per heavy atom.